The third kappa shape index (κ3) is 1.57. The summed E-state index contributed by atoms with van der Waals surface area (Å²) < 4.78 is 23.1. The summed E-state index contributed by atoms with van der Waals surface area (Å²) in [5, 5.41) is 2.26. The summed E-state index contributed by atoms with van der Waals surface area (Å²) in [6.07, 6.45) is 0. The maximum atomic E-state index is 11.1. The second kappa shape index (κ2) is 2.97. The fourth-order valence-corrected chi connectivity index (χ4v) is 3.65. The number of rotatable bonds is 1. The van der Waals surface area contributed by atoms with Crippen LogP contribution in [0.1, 0.15) is 0 Å². The van der Waals surface area contributed by atoms with Crippen molar-refractivity contribution < 1.29 is 8.42 Å². The molecule has 2 aromatic rings. The molecule has 0 bridgehead atoms. The topological polar surface area (TPSA) is 34.1 Å². The van der Waals surface area contributed by atoms with Crippen molar-refractivity contribution in [3.63, 3.8) is 0 Å². The molecule has 0 unspecified atom stereocenters. The van der Waals surface area contributed by atoms with Gasteiger partial charge < -0.3 is 0 Å². The molecule has 0 atom stereocenters. The molecular weight excluding hydrogens is 228 g/mol. The Morgan fingerprint density at radius 1 is 1.23 bits per heavy atom. The Morgan fingerprint density at radius 2 is 1.92 bits per heavy atom. The van der Waals surface area contributed by atoms with Gasteiger partial charge in [-0.15, -0.1) is 11.3 Å². The molecule has 0 N–H and O–H groups in total. The summed E-state index contributed by atoms with van der Waals surface area (Å²) >= 11 is 1.38. The van der Waals surface area contributed by atoms with Crippen LogP contribution in [-0.2, 0) is 9.05 Å². The van der Waals surface area contributed by atoms with Crippen LogP contribution in [0, 0.1) is 0 Å². The predicted molar refractivity (Wildman–Crippen MR) is 54.9 cm³/mol. The van der Waals surface area contributed by atoms with E-state index >= 15 is 0 Å². The van der Waals surface area contributed by atoms with Crippen LogP contribution in [0.2, 0.25) is 0 Å². The van der Waals surface area contributed by atoms with Crippen molar-refractivity contribution in [2.24, 2.45) is 0 Å². The van der Waals surface area contributed by atoms with Crippen LogP contribution in [-0.4, -0.2) is 8.42 Å². The largest absolute Gasteiger partial charge is 0.262 e. The van der Waals surface area contributed by atoms with Gasteiger partial charge in [0.1, 0.15) is 4.90 Å². The minimum absolute atomic E-state index is 0.203. The van der Waals surface area contributed by atoms with Crippen molar-refractivity contribution in [2.45, 2.75) is 4.90 Å². The highest BCUT2D eigenvalue weighted by Crippen LogP contribution is 2.30. The van der Waals surface area contributed by atoms with Crippen molar-refractivity contribution in [1.82, 2.24) is 0 Å². The Kier molecular flexibility index (Phi) is 2.06. The zero-order valence-corrected chi connectivity index (χ0v) is 8.79. The van der Waals surface area contributed by atoms with Crippen LogP contribution in [0.5, 0.6) is 0 Å². The molecule has 2 nitrogen and oxygen atoms in total. The average Bonchev–Trinajstić information content (AvgIpc) is 2.45. The molecule has 13 heavy (non-hydrogen) atoms. The Morgan fingerprint density at radius 3 is 2.62 bits per heavy atom. The van der Waals surface area contributed by atoms with Gasteiger partial charge in [0.05, 0.1) is 0 Å². The number of fused-ring (bicyclic) bond motifs is 1. The molecule has 0 aliphatic heterocycles. The van der Waals surface area contributed by atoms with E-state index in [-0.39, 0.29) is 4.90 Å². The molecule has 0 spiro atoms. The lowest BCUT2D eigenvalue weighted by Crippen LogP contribution is -1.86. The number of halogens is 1. The first-order chi connectivity index (χ1) is 6.09. The van der Waals surface area contributed by atoms with Gasteiger partial charge in [0.2, 0.25) is 0 Å². The van der Waals surface area contributed by atoms with E-state index in [0.717, 1.165) is 4.70 Å². The van der Waals surface area contributed by atoms with Crippen LogP contribution in [0.3, 0.4) is 0 Å². The molecule has 0 radical (unpaired) electrons. The molecule has 68 valence electrons. The van der Waals surface area contributed by atoms with Crippen molar-refractivity contribution in [2.75, 3.05) is 0 Å². The molecule has 1 aromatic carbocycles. The zero-order chi connectivity index (χ0) is 9.47. The highest BCUT2D eigenvalue weighted by molar-refractivity contribution is 8.14. The third-order valence-corrected chi connectivity index (χ3v) is 4.18. The first-order valence-electron chi connectivity index (χ1n) is 3.50. The van der Waals surface area contributed by atoms with Gasteiger partial charge in [-0.05, 0) is 6.07 Å². The van der Waals surface area contributed by atoms with E-state index < -0.39 is 9.05 Å². The number of thiophene rings is 1. The Balaban J connectivity index is 2.87. The van der Waals surface area contributed by atoms with E-state index in [1.807, 2.05) is 12.1 Å². The van der Waals surface area contributed by atoms with Crippen molar-refractivity contribution in [3.05, 3.63) is 29.6 Å². The van der Waals surface area contributed by atoms with Gasteiger partial charge in [0.15, 0.2) is 0 Å². The Hall–Kier alpha value is -0.580. The molecule has 0 fully saturated rings. The monoisotopic (exact) mass is 232 g/mol. The minimum atomic E-state index is -3.60. The molecule has 1 aromatic heterocycles. The van der Waals surface area contributed by atoms with Crippen LogP contribution in [0.15, 0.2) is 34.5 Å². The average molecular weight is 233 g/mol. The summed E-state index contributed by atoms with van der Waals surface area (Å²) in [7, 11) is 1.65. The zero-order valence-electron chi connectivity index (χ0n) is 6.40. The second-order valence-electron chi connectivity index (χ2n) is 2.53. The maximum absolute atomic E-state index is 11.1. The highest BCUT2D eigenvalue weighted by atomic mass is 35.7. The first kappa shape index (κ1) is 8.99. The van der Waals surface area contributed by atoms with Crippen molar-refractivity contribution in [1.29, 1.82) is 0 Å². The maximum Gasteiger partial charge on any atom is 0.262 e. The SMILES string of the molecule is O=S(=O)(Cl)c1csc2ccccc12. The summed E-state index contributed by atoms with van der Waals surface area (Å²) in [5.41, 5.74) is 0. The Bertz CT molecular complexity index is 542. The standard InChI is InChI=1S/C8H5ClO2S2/c9-13(10,11)8-5-12-7-4-2-1-3-6(7)8/h1-5H. The molecule has 0 amide bonds. The van der Waals surface area contributed by atoms with Gasteiger partial charge >= 0.3 is 0 Å². The van der Waals surface area contributed by atoms with Crippen LogP contribution < -0.4 is 0 Å². The van der Waals surface area contributed by atoms with Crippen molar-refractivity contribution in [3.8, 4) is 0 Å². The smallest absolute Gasteiger partial charge is 0.207 e. The Labute approximate surface area is 84.2 Å². The summed E-state index contributed by atoms with van der Waals surface area (Å²) in [6.45, 7) is 0. The van der Waals surface area contributed by atoms with Crippen LogP contribution in [0.4, 0.5) is 0 Å². The van der Waals surface area contributed by atoms with E-state index in [1.54, 1.807) is 17.5 Å². The lowest BCUT2D eigenvalue weighted by atomic mass is 10.3. The lowest BCUT2D eigenvalue weighted by Gasteiger charge is -1.91. The number of hydrogen-bond donors (Lipinski definition) is 0. The normalized spacial score (nSPS) is 12.1. The number of benzene rings is 1. The summed E-state index contributed by atoms with van der Waals surface area (Å²) in [5.74, 6) is 0. The van der Waals surface area contributed by atoms with Gasteiger partial charge in [-0.3, -0.25) is 0 Å². The van der Waals surface area contributed by atoms with E-state index in [0.29, 0.717) is 5.39 Å². The third-order valence-electron chi connectivity index (χ3n) is 1.71. The van der Waals surface area contributed by atoms with Gasteiger partial charge in [-0.1, -0.05) is 18.2 Å². The molecule has 2 rings (SSSR count). The molecule has 0 aliphatic carbocycles. The fraction of sp³-hybridized carbons (Fsp3) is 0. The number of hydrogen-bond acceptors (Lipinski definition) is 3. The van der Waals surface area contributed by atoms with Crippen LogP contribution in [0.25, 0.3) is 10.1 Å². The fourth-order valence-electron chi connectivity index (χ4n) is 1.14. The quantitative estimate of drug-likeness (QED) is 0.709. The summed E-state index contributed by atoms with van der Waals surface area (Å²) in [4.78, 5) is 0.203. The summed E-state index contributed by atoms with van der Waals surface area (Å²) in [6, 6.07) is 7.27. The second-order valence-corrected chi connectivity index (χ2v) is 5.98. The van der Waals surface area contributed by atoms with Gasteiger partial charge in [-0.25, -0.2) is 8.42 Å². The van der Waals surface area contributed by atoms with E-state index in [9.17, 15) is 8.42 Å². The van der Waals surface area contributed by atoms with Gasteiger partial charge in [-0.2, -0.15) is 0 Å². The molecular formula is C8H5ClO2S2. The van der Waals surface area contributed by atoms with Crippen LogP contribution >= 0.6 is 22.0 Å². The molecule has 1 heterocycles. The first-order valence-corrected chi connectivity index (χ1v) is 6.69. The van der Waals surface area contributed by atoms with Crippen molar-refractivity contribution >= 4 is 41.2 Å². The molecule has 0 saturated carbocycles. The molecule has 0 aliphatic rings. The molecule has 0 saturated heterocycles. The lowest BCUT2D eigenvalue weighted by molar-refractivity contribution is 0.610. The van der Waals surface area contributed by atoms with Gasteiger partial charge in [0, 0.05) is 26.1 Å². The predicted octanol–water partition coefficient (Wildman–Crippen LogP) is 2.83. The highest BCUT2D eigenvalue weighted by Gasteiger charge is 2.15. The minimum Gasteiger partial charge on any atom is -0.207 e. The van der Waals surface area contributed by atoms with E-state index in [2.05, 4.69) is 0 Å². The van der Waals surface area contributed by atoms with Gasteiger partial charge in [0.25, 0.3) is 9.05 Å². The van der Waals surface area contributed by atoms with E-state index in [4.69, 9.17) is 10.7 Å². The van der Waals surface area contributed by atoms with E-state index in [1.165, 1.54) is 11.3 Å². The molecule has 5 heteroatoms.